The lowest BCUT2D eigenvalue weighted by Crippen LogP contribution is -2.52. The minimum Gasteiger partial charge on any atom is -0.393 e. The summed E-state index contributed by atoms with van der Waals surface area (Å²) < 4.78 is 0. The fourth-order valence-corrected chi connectivity index (χ4v) is 3.82. The SMILES string of the molecule is CCNC(=NCC1CCCC1O)N1CCN(Cc2ccccc2)CC1. The van der Waals surface area contributed by atoms with Gasteiger partial charge >= 0.3 is 0 Å². The second-order valence-electron chi connectivity index (χ2n) is 7.20. The predicted octanol–water partition coefficient (Wildman–Crippen LogP) is 1.93. The average Bonchev–Trinajstić information content (AvgIpc) is 3.05. The first-order chi connectivity index (χ1) is 12.3. The third-order valence-electron chi connectivity index (χ3n) is 5.35. The van der Waals surface area contributed by atoms with Crippen LogP contribution in [0.4, 0.5) is 0 Å². The monoisotopic (exact) mass is 344 g/mol. The van der Waals surface area contributed by atoms with Crippen LogP contribution in [0.1, 0.15) is 31.7 Å². The highest BCUT2D eigenvalue weighted by Gasteiger charge is 2.25. The molecule has 2 aliphatic rings. The first-order valence-corrected chi connectivity index (χ1v) is 9.74. The van der Waals surface area contributed by atoms with Crippen LogP contribution in [-0.2, 0) is 6.54 Å². The summed E-state index contributed by atoms with van der Waals surface area (Å²) in [5, 5.41) is 13.4. The van der Waals surface area contributed by atoms with E-state index in [0.29, 0.717) is 5.92 Å². The van der Waals surface area contributed by atoms with Crippen LogP contribution >= 0.6 is 0 Å². The number of benzene rings is 1. The van der Waals surface area contributed by atoms with Crippen LogP contribution in [0.3, 0.4) is 0 Å². The van der Waals surface area contributed by atoms with Crippen LogP contribution < -0.4 is 5.32 Å². The summed E-state index contributed by atoms with van der Waals surface area (Å²) in [4.78, 5) is 9.71. The molecule has 1 aliphatic carbocycles. The van der Waals surface area contributed by atoms with Gasteiger partial charge in [-0.2, -0.15) is 0 Å². The number of aliphatic hydroxyl groups excluding tert-OH is 1. The molecule has 2 atom stereocenters. The zero-order valence-corrected chi connectivity index (χ0v) is 15.4. The molecule has 2 fully saturated rings. The quantitative estimate of drug-likeness (QED) is 0.633. The number of hydrogen-bond donors (Lipinski definition) is 2. The molecule has 2 unspecified atom stereocenters. The first-order valence-electron chi connectivity index (χ1n) is 9.74. The van der Waals surface area contributed by atoms with E-state index >= 15 is 0 Å². The molecule has 0 aromatic heterocycles. The Balaban J connectivity index is 1.51. The van der Waals surface area contributed by atoms with Crippen LogP contribution in [0.15, 0.2) is 35.3 Å². The Morgan fingerprint density at radius 1 is 1.16 bits per heavy atom. The summed E-state index contributed by atoms with van der Waals surface area (Å²) in [6.45, 7) is 8.90. The Hall–Kier alpha value is -1.59. The minimum atomic E-state index is -0.158. The van der Waals surface area contributed by atoms with E-state index in [2.05, 4.69) is 52.4 Å². The van der Waals surface area contributed by atoms with Gasteiger partial charge in [-0.1, -0.05) is 36.8 Å². The molecule has 3 rings (SSSR count). The van der Waals surface area contributed by atoms with Gasteiger partial charge in [-0.25, -0.2) is 0 Å². The van der Waals surface area contributed by atoms with Gasteiger partial charge in [-0.15, -0.1) is 0 Å². The van der Waals surface area contributed by atoms with Crippen molar-refractivity contribution in [1.29, 1.82) is 0 Å². The summed E-state index contributed by atoms with van der Waals surface area (Å²) in [7, 11) is 0. The second kappa shape index (κ2) is 9.20. The molecule has 2 N–H and O–H groups in total. The molecule has 0 amide bonds. The fourth-order valence-electron chi connectivity index (χ4n) is 3.82. The third-order valence-corrected chi connectivity index (χ3v) is 5.35. The molecule has 0 bridgehead atoms. The first kappa shape index (κ1) is 18.2. The van der Waals surface area contributed by atoms with Gasteiger partial charge in [-0.05, 0) is 25.3 Å². The lowest BCUT2D eigenvalue weighted by molar-refractivity contribution is 0.136. The standard InChI is InChI=1S/C20H32N4O/c1-2-21-20(22-15-18-9-6-10-19(18)25)24-13-11-23(12-14-24)16-17-7-4-3-5-8-17/h3-5,7-8,18-19,25H,2,6,9-16H2,1H3,(H,21,22). The molecule has 1 saturated carbocycles. The largest absolute Gasteiger partial charge is 0.393 e. The van der Waals surface area contributed by atoms with Crippen LogP contribution in [-0.4, -0.2) is 66.2 Å². The van der Waals surface area contributed by atoms with Crippen molar-refractivity contribution in [3.05, 3.63) is 35.9 Å². The van der Waals surface area contributed by atoms with Crippen molar-refractivity contribution in [2.24, 2.45) is 10.9 Å². The van der Waals surface area contributed by atoms with Crippen molar-refractivity contribution in [2.75, 3.05) is 39.3 Å². The second-order valence-corrected chi connectivity index (χ2v) is 7.20. The van der Waals surface area contributed by atoms with Crippen LogP contribution in [0.2, 0.25) is 0 Å². The van der Waals surface area contributed by atoms with Gasteiger partial charge in [0.25, 0.3) is 0 Å². The molecule has 138 valence electrons. The van der Waals surface area contributed by atoms with E-state index in [0.717, 1.165) is 71.0 Å². The number of piperazine rings is 1. The highest BCUT2D eigenvalue weighted by Crippen LogP contribution is 2.25. The zero-order valence-electron chi connectivity index (χ0n) is 15.4. The van der Waals surface area contributed by atoms with Gasteiger partial charge in [0.15, 0.2) is 5.96 Å². The smallest absolute Gasteiger partial charge is 0.194 e. The molecule has 1 heterocycles. The number of nitrogens with zero attached hydrogens (tertiary/aromatic N) is 3. The molecule has 0 radical (unpaired) electrons. The highest BCUT2D eigenvalue weighted by atomic mass is 16.3. The summed E-state index contributed by atoms with van der Waals surface area (Å²) in [6.07, 6.45) is 3.02. The van der Waals surface area contributed by atoms with E-state index in [1.165, 1.54) is 5.56 Å². The summed E-state index contributed by atoms with van der Waals surface area (Å²) >= 11 is 0. The van der Waals surface area contributed by atoms with Crippen molar-refractivity contribution >= 4 is 5.96 Å². The molecule has 25 heavy (non-hydrogen) atoms. The van der Waals surface area contributed by atoms with Gasteiger partial charge in [0.2, 0.25) is 0 Å². The number of aliphatic imine (C=N–C) groups is 1. The number of guanidine groups is 1. The number of aliphatic hydroxyl groups is 1. The van der Waals surface area contributed by atoms with E-state index in [1.807, 2.05) is 0 Å². The van der Waals surface area contributed by atoms with E-state index in [-0.39, 0.29) is 6.10 Å². The van der Waals surface area contributed by atoms with E-state index < -0.39 is 0 Å². The van der Waals surface area contributed by atoms with Crippen LogP contribution in [0, 0.1) is 5.92 Å². The molecule has 1 aromatic carbocycles. The third kappa shape index (κ3) is 5.19. The predicted molar refractivity (Wildman–Crippen MR) is 103 cm³/mol. The van der Waals surface area contributed by atoms with Gasteiger partial charge in [0.05, 0.1) is 6.10 Å². The fraction of sp³-hybridized carbons (Fsp3) is 0.650. The molecule has 1 aliphatic heterocycles. The zero-order chi connectivity index (χ0) is 17.5. The molecule has 5 nitrogen and oxygen atoms in total. The van der Waals surface area contributed by atoms with Crippen LogP contribution in [0.25, 0.3) is 0 Å². The van der Waals surface area contributed by atoms with E-state index in [9.17, 15) is 5.11 Å². The molecule has 1 aromatic rings. The summed E-state index contributed by atoms with van der Waals surface area (Å²) in [6, 6.07) is 10.7. The van der Waals surface area contributed by atoms with Crippen molar-refractivity contribution < 1.29 is 5.11 Å². The highest BCUT2D eigenvalue weighted by molar-refractivity contribution is 5.80. The van der Waals surface area contributed by atoms with Gasteiger partial charge in [0, 0.05) is 51.7 Å². The van der Waals surface area contributed by atoms with Crippen molar-refractivity contribution in [2.45, 2.75) is 38.8 Å². The Kier molecular flexibility index (Phi) is 6.70. The summed E-state index contributed by atoms with van der Waals surface area (Å²) in [5.41, 5.74) is 1.38. The van der Waals surface area contributed by atoms with Crippen LogP contribution in [0.5, 0.6) is 0 Å². The van der Waals surface area contributed by atoms with Crippen molar-refractivity contribution in [3.8, 4) is 0 Å². The number of nitrogens with one attached hydrogen (secondary N) is 1. The van der Waals surface area contributed by atoms with E-state index in [1.54, 1.807) is 0 Å². The van der Waals surface area contributed by atoms with Gasteiger partial charge in [0.1, 0.15) is 0 Å². The molecular formula is C20H32N4O. The lowest BCUT2D eigenvalue weighted by Gasteiger charge is -2.36. The van der Waals surface area contributed by atoms with Crippen molar-refractivity contribution in [3.63, 3.8) is 0 Å². The molecular weight excluding hydrogens is 312 g/mol. The van der Waals surface area contributed by atoms with Gasteiger partial charge < -0.3 is 15.3 Å². The summed E-state index contributed by atoms with van der Waals surface area (Å²) in [5.74, 6) is 1.36. The average molecular weight is 345 g/mol. The topological polar surface area (TPSA) is 51.1 Å². The maximum atomic E-state index is 10.0. The Morgan fingerprint density at radius 3 is 2.56 bits per heavy atom. The minimum absolute atomic E-state index is 0.158. The maximum absolute atomic E-state index is 10.0. The number of rotatable bonds is 5. The van der Waals surface area contributed by atoms with Gasteiger partial charge in [-0.3, -0.25) is 9.89 Å². The Bertz CT molecular complexity index is 540. The molecule has 0 spiro atoms. The normalized spacial score (nSPS) is 25.4. The van der Waals surface area contributed by atoms with Crippen molar-refractivity contribution in [1.82, 2.24) is 15.1 Å². The molecule has 5 heteroatoms. The lowest BCUT2D eigenvalue weighted by atomic mass is 10.1. The van der Waals surface area contributed by atoms with E-state index in [4.69, 9.17) is 4.99 Å². The maximum Gasteiger partial charge on any atom is 0.194 e. The number of hydrogen-bond acceptors (Lipinski definition) is 3. The Morgan fingerprint density at radius 2 is 1.92 bits per heavy atom. The molecule has 1 saturated heterocycles. The Labute approximate surface area is 151 Å².